The zero-order valence-electron chi connectivity index (χ0n) is 9.24. The van der Waals surface area contributed by atoms with E-state index in [1.165, 1.54) is 4.43 Å². The van der Waals surface area contributed by atoms with E-state index in [1.807, 2.05) is 0 Å². The van der Waals surface area contributed by atoms with Gasteiger partial charge in [-0.15, -0.1) is 0 Å². The van der Waals surface area contributed by atoms with Gasteiger partial charge in [-0.3, -0.25) is 0 Å². The Balaban J connectivity index is 1.85. The molecule has 2 aliphatic heterocycles. The molecule has 5 atom stereocenters. The van der Waals surface area contributed by atoms with Crippen LogP contribution < -0.4 is 21.2 Å². The van der Waals surface area contributed by atoms with E-state index in [0.717, 1.165) is 10.5 Å². The number of amides is 1. The molecule has 90 valence electrons. The second-order valence-electron chi connectivity index (χ2n) is 4.96. The third-order valence-corrected chi connectivity index (χ3v) is 10.3. The Labute approximate surface area is 119 Å². The molecule has 1 aliphatic carbocycles. The number of hydrogen-bond acceptors (Lipinski definition) is 2. The number of halogens is 2. The van der Waals surface area contributed by atoms with Gasteiger partial charge in [-0.1, -0.05) is 0 Å². The van der Waals surface area contributed by atoms with Gasteiger partial charge in [0.05, 0.1) is 0 Å². The molecule has 1 amide bonds. The van der Waals surface area contributed by atoms with Crippen molar-refractivity contribution in [1.82, 2.24) is 4.90 Å². The van der Waals surface area contributed by atoms with E-state index in [0.29, 0.717) is 36.5 Å². The molecule has 0 radical (unpaired) electrons. The van der Waals surface area contributed by atoms with Crippen LogP contribution in [0.25, 0.3) is 0 Å². The summed E-state index contributed by atoms with van der Waals surface area (Å²) < 4.78 is 2.75. The molecule has 0 aromatic carbocycles. The first-order valence-corrected chi connectivity index (χ1v) is 9.37. The molecular weight excluding hydrogens is 432 g/mol. The molecular formula is C11H14I2NO2-. The van der Waals surface area contributed by atoms with Crippen LogP contribution in [0.15, 0.2) is 0 Å². The van der Waals surface area contributed by atoms with Crippen molar-refractivity contribution in [2.24, 2.45) is 11.8 Å². The number of nitrogens with zero attached hydrogens (tertiary/aromatic N) is 1. The average Bonchev–Trinajstić information content (AvgIpc) is 3.05. The van der Waals surface area contributed by atoms with E-state index in [-0.39, 0.29) is 17.7 Å². The van der Waals surface area contributed by atoms with Crippen molar-refractivity contribution in [3.8, 4) is 0 Å². The van der Waals surface area contributed by atoms with Gasteiger partial charge in [0.2, 0.25) is 0 Å². The number of fused-ring (bicyclic) bond motifs is 1. The van der Waals surface area contributed by atoms with Gasteiger partial charge in [0.15, 0.2) is 0 Å². The Morgan fingerprint density at radius 1 is 1.44 bits per heavy atom. The fourth-order valence-electron chi connectivity index (χ4n) is 3.23. The molecule has 0 bridgehead atoms. The number of Topliss-reactive ketones (excluding diaryl/α,β-unsaturated/α-hetero) is 1. The molecule has 3 fully saturated rings. The summed E-state index contributed by atoms with van der Waals surface area (Å²) in [5, 5.41) is 0. The predicted octanol–water partition coefficient (Wildman–Crippen LogP) is -2.30. The Hall–Kier alpha value is 0.600. The van der Waals surface area contributed by atoms with E-state index in [2.05, 4.69) is 22.6 Å². The zero-order valence-corrected chi connectivity index (χ0v) is 13.6. The summed E-state index contributed by atoms with van der Waals surface area (Å²) in [5.74, 6) is 1.33. The molecule has 1 saturated carbocycles. The normalized spacial score (nSPS) is 49.3. The maximum atomic E-state index is 11.7. The summed E-state index contributed by atoms with van der Waals surface area (Å²) >= 11 is 3.03. The van der Waals surface area contributed by atoms with Crippen LogP contribution >= 0.6 is 22.6 Å². The van der Waals surface area contributed by atoms with Crippen LogP contribution in [0.1, 0.15) is 13.8 Å². The molecule has 2 heterocycles. The monoisotopic (exact) mass is 446 g/mol. The van der Waals surface area contributed by atoms with Crippen LogP contribution in [0.5, 0.6) is 0 Å². The van der Waals surface area contributed by atoms with Gasteiger partial charge < -0.3 is 0 Å². The van der Waals surface area contributed by atoms with Crippen molar-refractivity contribution in [3.63, 3.8) is 0 Å². The molecule has 3 nitrogen and oxygen atoms in total. The fraction of sp³-hybridized carbons (Fsp3) is 0.818. The number of piperidine rings is 1. The molecule has 5 heteroatoms. The maximum absolute atomic E-state index is 11.7. The molecule has 2 unspecified atom stereocenters. The van der Waals surface area contributed by atoms with Gasteiger partial charge >= 0.3 is 120 Å². The van der Waals surface area contributed by atoms with E-state index in [4.69, 9.17) is 0 Å². The Morgan fingerprint density at radius 2 is 2.06 bits per heavy atom. The van der Waals surface area contributed by atoms with Gasteiger partial charge in [0.25, 0.3) is 0 Å². The van der Waals surface area contributed by atoms with Crippen LogP contribution in [0.2, 0.25) is 0 Å². The number of carbonyl (C=O) groups is 2. The summed E-state index contributed by atoms with van der Waals surface area (Å²) in [6.07, 6.45) is 0. The fourth-order valence-corrected chi connectivity index (χ4v) is 9.12. The second-order valence-corrected chi connectivity index (χ2v) is 10.1. The van der Waals surface area contributed by atoms with Crippen molar-refractivity contribution in [2.75, 3.05) is 11.0 Å². The van der Waals surface area contributed by atoms with Crippen LogP contribution in [0.4, 0.5) is 0 Å². The molecule has 3 rings (SSSR count). The van der Waals surface area contributed by atoms with Gasteiger partial charge in [-0.25, -0.2) is 0 Å². The minimum absolute atomic E-state index is 0.0663. The number of alkyl halides is 3. The van der Waals surface area contributed by atoms with Crippen LogP contribution in [-0.4, -0.2) is 41.0 Å². The van der Waals surface area contributed by atoms with Crippen molar-refractivity contribution >= 4 is 34.3 Å². The summed E-state index contributed by atoms with van der Waals surface area (Å²) in [5.41, 5.74) is 0. The third kappa shape index (κ3) is 1.42. The third-order valence-electron chi connectivity index (χ3n) is 4.08. The summed E-state index contributed by atoms with van der Waals surface area (Å²) in [6.45, 7) is 4.05. The Bertz CT molecular complexity index is 382. The topological polar surface area (TPSA) is 37.4 Å². The summed E-state index contributed by atoms with van der Waals surface area (Å²) in [4.78, 5) is 25.0. The average molecular weight is 446 g/mol. The Kier molecular flexibility index (Phi) is 2.59. The molecule has 3 aliphatic rings. The van der Waals surface area contributed by atoms with Crippen LogP contribution in [0, 0.1) is 11.8 Å². The first-order valence-electron chi connectivity index (χ1n) is 5.52. The first-order chi connectivity index (χ1) is 7.48. The number of hydrogen-bond donors (Lipinski definition) is 0. The molecule has 16 heavy (non-hydrogen) atoms. The van der Waals surface area contributed by atoms with Crippen molar-refractivity contribution in [1.29, 1.82) is 0 Å². The van der Waals surface area contributed by atoms with Crippen LogP contribution in [-0.2, 0) is 9.59 Å². The minimum atomic E-state index is -0.107. The van der Waals surface area contributed by atoms with E-state index >= 15 is 0 Å². The van der Waals surface area contributed by atoms with Gasteiger partial charge in [-0.2, -0.15) is 0 Å². The van der Waals surface area contributed by atoms with Gasteiger partial charge in [-0.05, 0) is 0 Å². The number of likely N-dealkylation sites (tertiary alicyclic amines) is 1. The molecule has 0 spiro atoms. The zero-order chi connectivity index (χ0) is 11.7. The Morgan fingerprint density at radius 3 is 2.50 bits per heavy atom. The van der Waals surface area contributed by atoms with Gasteiger partial charge in [0, 0.05) is 0 Å². The molecule has 0 N–H and O–H groups in total. The molecule has 0 aromatic rings. The summed E-state index contributed by atoms with van der Waals surface area (Å²) in [7, 11) is 0. The quantitative estimate of drug-likeness (QED) is 0.354. The number of rotatable bonds is 2. The van der Waals surface area contributed by atoms with Gasteiger partial charge in [0.1, 0.15) is 0 Å². The first kappa shape index (κ1) is 11.7. The molecule has 2 saturated heterocycles. The standard InChI is InChI=1S/C11H14I2NO2/c1-5(15)10-9-7(4-14(10)6(2)16)11(9,12)8-3-13-8/h7-10H,3-4H2,1-2H3/q-1/t7-,8?,9-,10+,11?/m0/s1. The summed E-state index contributed by atoms with van der Waals surface area (Å²) in [6, 6.07) is -0.107. The van der Waals surface area contributed by atoms with E-state index < -0.39 is 0 Å². The van der Waals surface area contributed by atoms with Crippen molar-refractivity contribution < 1.29 is 30.8 Å². The second kappa shape index (κ2) is 3.55. The predicted molar refractivity (Wildman–Crippen MR) is 64.2 cm³/mol. The van der Waals surface area contributed by atoms with E-state index in [9.17, 15) is 9.59 Å². The van der Waals surface area contributed by atoms with E-state index in [1.54, 1.807) is 18.7 Å². The number of carbonyl (C=O) groups excluding carboxylic acids is 2. The number of ketones is 1. The van der Waals surface area contributed by atoms with Crippen molar-refractivity contribution in [2.45, 2.75) is 27.2 Å². The molecule has 0 aromatic heterocycles. The SMILES string of the molecule is CC(=O)[C@@H]1[C@@H]2[C@H](CN1C(C)=O)C2(I)C1C[I-]1. The van der Waals surface area contributed by atoms with Crippen LogP contribution in [0.3, 0.4) is 0 Å². The van der Waals surface area contributed by atoms with Crippen molar-refractivity contribution in [3.05, 3.63) is 0 Å².